The van der Waals surface area contributed by atoms with Gasteiger partial charge in [-0.1, -0.05) is 63.2 Å². The molecule has 94 valence electrons. The maximum atomic E-state index is 14.1. The van der Waals surface area contributed by atoms with Crippen LogP contribution in [-0.2, 0) is 6.42 Å². The molecule has 0 nitrogen and oxygen atoms in total. The van der Waals surface area contributed by atoms with Gasteiger partial charge in [-0.2, -0.15) is 0 Å². The Morgan fingerprint density at radius 3 is 2.11 bits per heavy atom. The van der Waals surface area contributed by atoms with Crippen LogP contribution in [0.4, 0.5) is 4.39 Å². The molecule has 0 aromatic heterocycles. The second kappa shape index (κ2) is 4.93. The molecule has 0 unspecified atom stereocenters. The fourth-order valence-electron chi connectivity index (χ4n) is 2.07. The lowest BCUT2D eigenvalue weighted by Crippen LogP contribution is -2.10. The Hall–Kier alpha value is -1.63. The van der Waals surface area contributed by atoms with Crippen molar-refractivity contribution in [2.45, 2.75) is 27.2 Å². The third-order valence-electron chi connectivity index (χ3n) is 2.88. The number of rotatable bonds is 2. The van der Waals surface area contributed by atoms with Crippen molar-refractivity contribution in [2.24, 2.45) is 5.41 Å². The van der Waals surface area contributed by atoms with Crippen LogP contribution in [0.15, 0.2) is 48.5 Å². The zero-order chi connectivity index (χ0) is 13.2. The van der Waals surface area contributed by atoms with Crippen molar-refractivity contribution in [1.82, 2.24) is 0 Å². The smallest absolute Gasteiger partial charge is 0.127 e. The van der Waals surface area contributed by atoms with Gasteiger partial charge in [0.2, 0.25) is 0 Å². The number of halogens is 1. The lowest BCUT2D eigenvalue weighted by molar-refractivity contribution is 0.402. The summed E-state index contributed by atoms with van der Waals surface area (Å²) in [5.41, 5.74) is 2.89. The predicted octanol–water partition coefficient (Wildman–Crippen LogP) is 5.08. The summed E-state index contributed by atoms with van der Waals surface area (Å²) in [5, 5.41) is 0. The first kappa shape index (κ1) is 12.8. The maximum Gasteiger partial charge on any atom is 0.127 e. The molecule has 0 fully saturated rings. The molecule has 0 amide bonds. The summed E-state index contributed by atoms with van der Waals surface area (Å²) in [6.45, 7) is 6.37. The molecule has 2 aromatic carbocycles. The Labute approximate surface area is 108 Å². The Morgan fingerprint density at radius 1 is 0.889 bits per heavy atom. The van der Waals surface area contributed by atoms with Crippen molar-refractivity contribution in [1.29, 1.82) is 0 Å². The van der Waals surface area contributed by atoms with Crippen molar-refractivity contribution >= 4 is 0 Å². The fraction of sp³-hybridized carbons (Fsp3) is 0.294. The Balaban J connectivity index is 2.31. The van der Waals surface area contributed by atoms with Gasteiger partial charge in [0.25, 0.3) is 0 Å². The molecule has 0 bridgehead atoms. The molecular weight excluding hydrogens is 223 g/mol. The van der Waals surface area contributed by atoms with Crippen molar-refractivity contribution in [3.63, 3.8) is 0 Å². The quantitative estimate of drug-likeness (QED) is 0.688. The van der Waals surface area contributed by atoms with Crippen LogP contribution in [0.5, 0.6) is 0 Å². The van der Waals surface area contributed by atoms with Crippen molar-refractivity contribution in [3.8, 4) is 11.1 Å². The van der Waals surface area contributed by atoms with Crippen molar-refractivity contribution < 1.29 is 4.39 Å². The summed E-state index contributed by atoms with van der Waals surface area (Å²) in [6.07, 6.45) is 0.758. The van der Waals surface area contributed by atoms with Crippen molar-refractivity contribution in [3.05, 3.63) is 59.9 Å². The SMILES string of the molecule is CC(C)(C)Cc1ccc(-c2ccccc2)cc1F. The molecule has 0 aliphatic rings. The largest absolute Gasteiger partial charge is 0.207 e. The number of benzene rings is 2. The summed E-state index contributed by atoms with van der Waals surface area (Å²) < 4.78 is 14.1. The molecular formula is C17H19F. The standard InChI is InChI=1S/C17H19F/c1-17(2,3)12-15-10-9-14(11-16(15)18)13-7-5-4-6-8-13/h4-11H,12H2,1-3H3. The predicted molar refractivity (Wildman–Crippen MR) is 75.0 cm³/mol. The second-order valence-corrected chi connectivity index (χ2v) is 5.91. The van der Waals surface area contributed by atoms with Gasteiger partial charge in [-0.05, 0) is 34.6 Å². The first-order valence-electron chi connectivity index (χ1n) is 6.29. The van der Waals surface area contributed by atoms with E-state index in [0.717, 1.165) is 23.1 Å². The molecule has 0 spiro atoms. The Kier molecular flexibility index (Phi) is 3.51. The van der Waals surface area contributed by atoms with Gasteiger partial charge >= 0.3 is 0 Å². The molecule has 0 N–H and O–H groups in total. The van der Waals surface area contributed by atoms with Gasteiger partial charge in [-0.3, -0.25) is 0 Å². The van der Waals surface area contributed by atoms with Crippen LogP contribution in [0.3, 0.4) is 0 Å². The lowest BCUT2D eigenvalue weighted by Gasteiger charge is -2.18. The van der Waals surface area contributed by atoms with Gasteiger partial charge in [0, 0.05) is 0 Å². The summed E-state index contributed by atoms with van der Waals surface area (Å²) >= 11 is 0. The molecule has 0 radical (unpaired) electrons. The number of hydrogen-bond donors (Lipinski definition) is 0. The van der Waals surface area contributed by atoms with Gasteiger partial charge in [0.05, 0.1) is 0 Å². The van der Waals surface area contributed by atoms with Crippen LogP contribution in [0.2, 0.25) is 0 Å². The third-order valence-corrected chi connectivity index (χ3v) is 2.88. The normalized spacial score (nSPS) is 11.6. The molecule has 0 aliphatic carbocycles. The van der Waals surface area contributed by atoms with Gasteiger partial charge < -0.3 is 0 Å². The molecule has 0 saturated heterocycles. The molecule has 0 saturated carbocycles. The van der Waals surface area contributed by atoms with Crippen LogP contribution in [0, 0.1) is 11.2 Å². The highest BCUT2D eigenvalue weighted by atomic mass is 19.1. The number of hydrogen-bond acceptors (Lipinski definition) is 0. The van der Waals surface area contributed by atoms with E-state index in [1.807, 2.05) is 42.5 Å². The summed E-state index contributed by atoms with van der Waals surface area (Å²) in [6, 6.07) is 15.4. The van der Waals surface area contributed by atoms with Crippen LogP contribution in [0.1, 0.15) is 26.3 Å². The Bertz CT molecular complexity index is 521. The van der Waals surface area contributed by atoms with Crippen molar-refractivity contribution in [2.75, 3.05) is 0 Å². The molecule has 0 aliphatic heterocycles. The van der Waals surface area contributed by atoms with Gasteiger partial charge in [-0.25, -0.2) is 4.39 Å². The summed E-state index contributed by atoms with van der Waals surface area (Å²) in [4.78, 5) is 0. The zero-order valence-electron chi connectivity index (χ0n) is 11.2. The highest BCUT2D eigenvalue weighted by molar-refractivity contribution is 5.63. The molecule has 2 rings (SSSR count). The zero-order valence-corrected chi connectivity index (χ0v) is 11.2. The van der Waals surface area contributed by atoms with Gasteiger partial charge in [-0.15, -0.1) is 0 Å². The topological polar surface area (TPSA) is 0 Å². The minimum absolute atomic E-state index is 0.105. The maximum absolute atomic E-state index is 14.1. The first-order valence-corrected chi connectivity index (χ1v) is 6.29. The minimum Gasteiger partial charge on any atom is -0.207 e. The monoisotopic (exact) mass is 242 g/mol. The van der Waals surface area contributed by atoms with E-state index < -0.39 is 0 Å². The van der Waals surface area contributed by atoms with E-state index >= 15 is 0 Å². The van der Waals surface area contributed by atoms with E-state index in [9.17, 15) is 4.39 Å². The molecule has 18 heavy (non-hydrogen) atoms. The molecule has 2 aromatic rings. The van der Waals surface area contributed by atoms with Crippen LogP contribution in [-0.4, -0.2) is 0 Å². The van der Waals surface area contributed by atoms with Crippen LogP contribution < -0.4 is 0 Å². The molecule has 1 heteroatoms. The van der Waals surface area contributed by atoms with E-state index in [0.29, 0.717) is 0 Å². The van der Waals surface area contributed by atoms with E-state index in [1.54, 1.807) is 6.07 Å². The highest BCUT2D eigenvalue weighted by Crippen LogP contribution is 2.26. The Morgan fingerprint density at radius 2 is 1.56 bits per heavy atom. The van der Waals surface area contributed by atoms with Crippen LogP contribution >= 0.6 is 0 Å². The average molecular weight is 242 g/mol. The summed E-state index contributed by atoms with van der Waals surface area (Å²) in [5.74, 6) is -0.105. The van der Waals surface area contributed by atoms with E-state index in [-0.39, 0.29) is 11.2 Å². The minimum atomic E-state index is -0.105. The van der Waals surface area contributed by atoms with Gasteiger partial charge in [0.15, 0.2) is 0 Å². The van der Waals surface area contributed by atoms with E-state index in [1.165, 1.54) is 0 Å². The summed E-state index contributed by atoms with van der Waals surface area (Å²) in [7, 11) is 0. The van der Waals surface area contributed by atoms with Gasteiger partial charge in [0.1, 0.15) is 5.82 Å². The first-order chi connectivity index (χ1) is 8.46. The average Bonchev–Trinajstić information content (AvgIpc) is 2.31. The second-order valence-electron chi connectivity index (χ2n) is 5.91. The lowest BCUT2D eigenvalue weighted by atomic mass is 9.87. The van der Waals surface area contributed by atoms with Crippen LogP contribution in [0.25, 0.3) is 11.1 Å². The van der Waals surface area contributed by atoms with E-state index in [4.69, 9.17) is 0 Å². The molecule has 0 heterocycles. The third kappa shape index (κ3) is 3.19. The molecule has 0 atom stereocenters. The highest BCUT2D eigenvalue weighted by Gasteiger charge is 2.14. The fourth-order valence-corrected chi connectivity index (χ4v) is 2.07. The van der Waals surface area contributed by atoms with E-state index in [2.05, 4.69) is 20.8 Å².